The fourth-order valence-electron chi connectivity index (χ4n) is 6.61. The van der Waals surface area contributed by atoms with E-state index in [-0.39, 0.29) is 29.1 Å². The molecule has 0 amide bonds. The lowest BCUT2D eigenvalue weighted by Gasteiger charge is -3.08. The molecule has 6 aliphatic carbocycles. The molecule has 96 valence electrons. The van der Waals surface area contributed by atoms with E-state index in [0.29, 0.717) is 35.5 Å². The standard InChI is InChI=1S/C14H16O4/c1-4(2)17-12(16)13-6-9-7(13)11-8(13)10(6)14(9,11)18-5(3)15/h4,6-11H,1-3H3. The van der Waals surface area contributed by atoms with Crippen molar-refractivity contribution in [3.05, 3.63) is 0 Å². The molecular weight excluding hydrogens is 232 g/mol. The highest BCUT2D eigenvalue weighted by atomic mass is 16.6. The first-order chi connectivity index (χ1) is 8.49. The van der Waals surface area contributed by atoms with Crippen LogP contribution in [0.15, 0.2) is 0 Å². The van der Waals surface area contributed by atoms with E-state index in [1.54, 1.807) is 0 Å². The van der Waals surface area contributed by atoms with Gasteiger partial charge in [-0.05, 0) is 31.6 Å². The van der Waals surface area contributed by atoms with Gasteiger partial charge >= 0.3 is 11.9 Å². The molecule has 6 rings (SSSR count). The van der Waals surface area contributed by atoms with Crippen LogP contribution < -0.4 is 0 Å². The van der Waals surface area contributed by atoms with Gasteiger partial charge in [-0.1, -0.05) is 0 Å². The first-order valence-electron chi connectivity index (χ1n) is 6.89. The molecule has 0 bridgehead atoms. The molecule has 6 fully saturated rings. The summed E-state index contributed by atoms with van der Waals surface area (Å²) < 4.78 is 11.0. The van der Waals surface area contributed by atoms with Gasteiger partial charge in [0.25, 0.3) is 0 Å². The van der Waals surface area contributed by atoms with E-state index < -0.39 is 0 Å². The Morgan fingerprint density at radius 1 is 1.00 bits per heavy atom. The molecule has 0 aromatic heterocycles. The van der Waals surface area contributed by atoms with Crippen molar-refractivity contribution < 1.29 is 19.1 Å². The molecule has 0 heterocycles. The Kier molecular flexibility index (Phi) is 1.22. The molecule has 0 atom stereocenters. The largest absolute Gasteiger partial charge is 0.463 e. The van der Waals surface area contributed by atoms with Crippen LogP contribution in [-0.4, -0.2) is 23.6 Å². The predicted octanol–water partition coefficient (Wildman–Crippen LogP) is 0.991. The second kappa shape index (κ2) is 2.23. The molecule has 0 N–H and O–H groups in total. The quantitative estimate of drug-likeness (QED) is 0.699. The first kappa shape index (κ1) is 9.82. The minimum atomic E-state index is -0.162. The Labute approximate surface area is 105 Å². The van der Waals surface area contributed by atoms with Crippen molar-refractivity contribution in [1.82, 2.24) is 0 Å². The molecular formula is C14H16O4. The summed E-state index contributed by atoms with van der Waals surface area (Å²) in [7, 11) is 0. The third-order valence-electron chi connectivity index (χ3n) is 6.56. The Bertz CT molecular complexity index is 466. The Hall–Kier alpha value is -1.06. The van der Waals surface area contributed by atoms with Crippen LogP contribution in [0.2, 0.25) is 0 Å². The topological polar surface area (TPSA) is 52.6 Å². The summed E-state index contributed by atoms with van der Waals surface area (Å²) in [5.74, 6) is 2.75. The second-order valence-electron chi connectivity index (χ2n) is 6.99. The number of carbonyl (C=O) groups excluding carboxylic acids is 2. The first-order valence-corrected chi connectivity index (χ1v) is 6.89. The van der Waals surface area contributed by atoms with Gasteiger partial charge in [0.05, 0.1) is 11.5 Å². The molecule has 0 saturated heterocycles. The third kappa shape index (κ3) is 0.531. The van der Waals surface area contributed by atoms with E-state index >= 15 is 0 Å². The van der Waals surface area contributed by atoms with E-state index in [1.807, 2.05) is 13.8 Å². The molecule has 4 nitrogen and oxygen atoms in total. The van der Waals surface area contributed by atoms with E-state index in [2.05, 4.69) is 0 Å². The highest BCUT2D eigenvalue weighted by molar-refractivity contribution is 5.89. The van der Waals surface area contributed by atoms with Crippen LogP contribution in [0.25, 0.3) is 0 Å². The van der Waals surface area contributed by atoms with E-state index in [9.17, 15) is 9.59 Å². The van der Waals surface area contributed by atoms with Crippen LogP contribution in [0, 0.1) is 40.9 Å². The maximum Gasteiger partial charge on any atom is 0.313 e. The Morgan fingerprint density at radius 3 is 1.89 bits per heavy atom. The van der Waals surface area contributed by atoms with Crippen LogP contribution in [0.3, 0.4) is 0 Å². The van der Waals surface area contributed by atoms with E-state index in [1.165, 1.54) is 6.92 Å². The molecule has 0 aromatic rings. The SMILES string of the molecule is CC(=O)OC12C3C4C1C1C2C3C41C(=O)OC(C)C. The summed E-state index contributed by atoms with van der Waals surface area (Å²) in [5.41, 5.74) is -0.252. The van der Waals surface area contributed by atoms with Crippen LogP contribution in [0.4, 0.5) is 0 Å². The lowest BCUT2D eigenvalue weighted by Crippen LogP contribution is -3.14. The number of carbonyl (C=O) groups is 2. The van der Waals surface area contributed by atoms with Crippen molar-refractivity contribution in [3.8, 4) is 0 Å². The summed E-state index contributed by atoms with van der Waals surface area (Å²) in [6.07, 6.45) is -0.0273. The second-order valence-corrected chi connectivity index (χ2v) is 6.99. The van der Waals surface area contributed by atoms with Crippen molar-refractivity contribution in [2.45, 2.75) is 32.5 Å². The molecule has 0 aliphatic heterocycles. The van der Waals surface area contributed by atoms with Crippen molar-refractivity contribution in [2.24, 2.45) is 40.9 Å². The molecule has 0 radical (unpaired) electrons. The molecule has 6 aliphatic rings. The average molecular weight is 248 g/mol. The van der Waals surface area contributed by atoms with E-state index in [0.717, 1.165) is 0 Å². The lowest BCUT2D eigenvalue weighted by atomic mass is 8.95. The smallest absolute Gasteiger partial charge is 0.313 e. The zero-order chi connectivity index (χ0) is 12.6. The summed E-state index contributed by atoms with van der Waals surface area (Å²) in [6.45, 7) is 5.30. The number of esters is 2. The van der Waals surface area contributed by atoms with Crippen molar-refractivity contribution in [2.75, 3.05) is 0 Å². The summed E-state index contributed by atoms with van der Waals surface area (Å²) in [4.78, 5) is 23.4. The van der Waals surface area contributed by atoms with Gasteiger partial charge in [-0.15, -0.1) is 0 Å². The minimum Gasteiger partial charge on any atom is -0.463 e. The third-order valence-corrected chi connectivity index (χ3v) is 6.56. The molecule has 6 saturated carbocycles. The summed E-state index contributed by atoms with van der Waals surface area (Å²) >= 11 is 0. The van der Waals surface area contributed by atoms with Gasteiger partial charge in [0, 0.05) is 24.7 Å². The molecule has 0 spiro atoms. The predicted molar refractivity (Wildman–Crippen MR) is 59.1 cm³/mol. The normalized spacial score (nSPS) is 62.4. The number of hydrogen-bond donors (Lipinski definition) is 0. The van der Waals surface area contributed by atoms with Gasteiger partial charge in [-0.3, -0.25) is 9.59 Å². The Balaban J connectivity index is 1.41. The van der Waals surface area contributed by atoms with Gasteiger partial charge in [0.1, 0.15) is 5.60 Å². The van der Waals surface area contributed by atoms with Gasteiger partial charge in [-0.25, -0.2) is 0 Å². The van der Waals surface area contributed by atoms with Crippen LogP contribution in [0.1, 0.15) is 20.8 Å². The zero-order valence-electron chi connectivity index (χ0n) is 10.7. The zero-order valence-corrected chi connectivity index (χ0v) is 10.7. The van der Waals surface area contributed by atoms with Gasteiger partial charge in [0.2, 0.25) is 0 Å². The molecule has 4 heteroatoms. The lowest BCUT2D eigenvalue weighted by molar-refractivity contribution is -0.645. The summed E-state index contributed by atoms with van der Waals surface area (Å²) in [6, 6.07) is 0. The van der Waals surface area contributed by atoms with E-state index in [4.69, 9.17) is 9.47 Å². The van der Waals surface area contributed by atoms with Crippen molar-refractivity contribution in [1.29, 1.82) is 0 Å². The molecule has 0 aromatic carbocycles. The molecule has 18 heavy (non-hydrogen) atoms. The van der Waals surface area contributed by atoms with Crippen LogP contribution in [-0.2, 0) is 19.1 Å². The monoisotopic (exact) mass is 248 g/mol. The average Bonchev–Trinajstić information content (AvgIpc) is 2.27. The maximum absolute atomic E-state index is 12.2. The maximum atomic E-state index is 12.2. The number of rotatable bonds is 3. The van der Waals surface area contributed by atoms with Crippen molar-refractivity contribution in [3.63, 3.8) is 0 Å². The van der Waals surface area contributed by atoms with Crippen molar-refractivity contribution >= 4 is 11.9 Å². The van der Waals surface area contributed by atoms with Crippen LogP contribution in [0.5, 0.6) is 0 Å². The summed E-state index contributed by atoms with van der Waals surface area (Å²) in [5, 5.41) is 0. The molecule has 0 unspecified atom stereocenters. The van der Waals surface area contributed by atoms with Gasteiger partial charge in [0.15, 0.2) is 0 Å². The fraction of sp³-hybridized carbons (Fsp3) is 0.857. The number of ether oxygens (including phenoxy) is 2. The minimum absolute atomic E-state index is 0.0253. The highest BCUT2D eigenvalue weighted by Crippen LogP contribution is 3.07. The van der Waals surface area contributed by atoms with Gasteiger partial charge < -0.3 is 9.47 Å². The Morgan fingerprint density at radius 2 is 1.50 bits per heavy atom. The number of hydrogen-bond acceptors (Lipinski definition) is 4. The highest BCUT2D eigenvalue weighted by Gasteiger charge is 3.13. The fourth-order valence-corrected chi connectivity index (χ4v) is 6.61. The van der Waals surface area contributed by atoms with Crippen LogP contribution >= 0.6 is 0 Å². The van der Waals surface area contributed by atoms with Gasteiger partial charge in [-0.2, -0.15) is 0 Å².